The van der Waals surface area contributed by atoms with Gasteiger partial charge in [-0.2, -0.15) is 0 Å². The maximum Gasteiger partial charge on any atom is 0.350 e. The number of carbonyl (C=O) groups is 1. The molecule has 0 aliphatic heterocycles. The molecule has 0 atom stereocenters. The summed E-state index contributed by atoms with van der Waals surface area (Å²) >= 11 is 0. The summed E-state index contributed by atoms with van der Waals surface area (Å²) in [6.45, 7) is 4.22. The Kier molecular flexibility index (Phi) is 8.56. The molecule has 8 heteroatoms. The van der Waals surface area contributed by atoms with Crippen molar-refractivity contribution in [1.82, 2.24) is 9.97 Å². The molecule has 0 saturated heterocycles. The van der Waals surface area contributed by atoms with Gasteiger partial charge in [0.25, 0.3) is 0 Å². The van der Waals surface area contributed by atoms with E-state index in [0.717, 1.165) is 18.4 Å². The lowest BCUT2D eigenvalue weighted by Crippen LogP contribution is -2.28. The highest BCUT2D eigenvalue weighted by molar-refractivity contribution is 5.86. The molecule has 0 unspecified atom stereocenters. The Morgan fingerprint density at radius 2 is 2.00 bits per heavy atom. The lowest BCUT2D eigenvalue weighted by atomic mass is 10.1. The number of fused-ring (bicyclic) bond motifs is 1. The third-order valence-electron chi connectivity index (χ3n) is 5.06. The number of ether oxygens (including phenoxy) is 2. The summed E-state index contributed by atoms with van der Waals surface area (Å²) in [6.07, 6.45) is 9.66. The van der Waals surface area contributed by atoms with Gasteiger partial charge in [0.15, 0.2) is 0 Å². The van der Waals surface area contributed by atoms with Gasteiger partial charge < -0.3 is 18.8 Å². The maximum absolute atomic E-state index is 12.6. The number of methoxy groups -OCH3 is 1. The summed E-state index contributed by atoms with van der Waals surface area (Å²) in [5.41, 5.74) is 1.36. The average Bonchev–Trinajstić information content (AvgIpc) is 2.88. The molecular weight excluding hydrogens is 434 g/mol. The first kappa shape index (κ1) is 24.7. The fraction of sp³-hybridized carbons (Fsp3) is 0.308. The van der Waals surface area contributed by atoms with E-state index in [0.29, 0.717) is 22.6 Å². The monoisotopic (exact) mass is 463 g/mol. The molecule has 0 spiro atoms. The standard InChI is InChI=1S/C24H23N3O5.C2H6/c1-27(14-20(28)31-15-16-8-4-3-5-9-16)22-17(10-7-13-25-22)23-26-18-11-6-12-19(30-2)21(18)24(29)32-23;1-2/h4,6-13H,3,5,14-15H2,1-2H3;1-2H3. The second-order valence-electron chi connectivity index (χ2n) is 7.31. The van der Waals surface area contributed by atoms with Gasteiger partial charge in [-0.25, -0.2) is 14.8 Å². The first-order valence-electron chi connectivity index (χ1n) is 11.2. The van der Waals surface area contributed by atoms with E-state index in [1.54, 1.807) is 48.5 Å². The molecule has 1 aliphatic rings. The fourth-order valence-corrected chi connectivity index (χ4v) is 3.50. The molecule has 34 heavy (non-hydrogen) atoms. The summed E-state index contributed by atoms with van der Waals surface area (Å²) in [6, 6.07) is 8.59. The highest BCUT2D eigenvalue weighted by Crippen LogP contribution is 2.29. The molecule has 3 aromatic rings. The molecule has 1 aliphatic carbocycles. The Balaban J connectivity index is 0.00000158. The minimum Gasteiger partial charge on any atom is -0.496 e. The summed E-state index contributed by atoms with van der Waals surface area (Å²) in [5, 5.41) is 0.271. The van der Waals surface area contributed by atoms with Crippen molar-refractivity contribution in [1.29, 1.82) is 0 Å². The van der Waals surface area contributed by atoms with E-state index in [1.807, 2.05) is 19.9 Å². The largest absolute Gasteiger partial charge is 0.496 e. The van der Waals surface area contributed by atoms with Crippen LogP contribution in [0.5, 0.6) is 5.75 Å². The number of hydrogen-bond acceptors (Lipinski definition) is 8. The van der Waals surface area contributed by atoms with Crippen LogP contribution in [0, 0.1) is 0 Å². The van der Waals surface area contributed by atoms with Crippen LogP contribution < -0.4 is 15.3 Å². The number of esters is 1. The summed E-state index contributed by atoms with van der Waals surface area (Å²) in [4.78, 5) is 35.5. The van der Waals surface area contributed by atoms with Gasteiger partial charge in [-0.3, -0.25) is 4.79 Å². The van der Waals surface area contributed by atoms with Crippen molar-refractivity contribution in [3.05, 3.63) is 70.7 Å². The van der Waals surface area contributed by atoms with Gasteiger partial charge in [0.2, 0.25) is 5.89 Å². The predicted octanol–water partition coefficient (Wildman–Crippen LogP) is 4.54. The van der Waals surface area contributed by atoms with Crippen molar-refractivity contribution < 1.29 is 18.7 Å². The van der Waals surface area contributed by atoms with Crippen LogP contribution in [0.15, 0.2) is 69.5 Å². The van der Waals surface area contributed by atoms with E-state index in [2.05, 4.69) is 22.1 Å². The zero-order valence-electron chi connectivity index (χ0n) is 19.9. The Labute approximate surface area is 198 Å². The molecule has 178 valence electrons. The van der Waals surface area contributed by atoms with Gasteiger partial charge in [-0.15, -0.1) is 0 Å². The summed E-state index contributed by atoms with van der Waals surface area (Å²) in [5.74, 6) is 0.557. The molecular formula is C26H29N3O5. The molecule has 0 amide bonds. The van der Waals surface area contributed by atoms with Crippen LogP contribution in [-0.2, 0) is 9.53 Å². The predicted molar refractivity (Wildman–Crippen MR) is 132 cm³/mol. The van der Waals surface area contributed by atoms with Crippen molar-refractivity contribution in [3.63, 3.8) is 0 Å². The van der Waals surface area contributed by atoms with Crippen LogP contribution in [-0.4, -0.2) is 43.2 Å². The van der Waals surface area contributed by atoms with Crippen molar-refractivity contribution in [2.75, 3.05) is 32.2 Å². The van der Waals surface area contributed by atoms with Gasteiger partial charge in [0, 0.05) is 13.2 Å². The Morgan fingerprint density at radius 3 is 2.74 bits per heavy atom. The zero-order chi connectivity index (χ0) is 24.5. The molecule has 2 aromatic heterocycles. The van der Waals surface area contributed by atoms with Crippen LogP contribution in [0.2, 0.25) is 0 Å². The van der Waals surface area contributed by atoms with E-state index in [4.69, 9.17) is 13.9 Å². The van der Waals surface area contributed by atoms with Crippen molar-refractivity contribution in [3.8, 4) is 17.2 Å². The Hall–Kier alpha value is -3.94. The molecule has 2 heterocycles. The quantitative estimate of drug-likeness (QED) is 0.471. The number of pyridine rings is 1. The number of likely N-dealkylation sites (N-methyl/N-ethyl adjacent to an activating group) is 1. The van der Waals surface area contributed by atoms with Gasteiger partial charge in [0.1, 0.15) is 30.1 Å². The summed E-state index contributed by atoms with van der Waals surface area (Å²) in [7, 11) is 3.20. The second-order valence-corrected chi connectivity index (χ2v) is 7.31. The number of benzene rings is 1. The third-order valence-corrected chi connectivity index (χ3v) is 5.06. The van der Waals surface area contributed by atoms with Crippen molar-refractivity contribution in [2.24, 2.45) is 0 Å². The van der Waals surface area contributed by atoms with Crippen LogP contribution in [0.1, 0.15) is 26.7 Å². The van der Waals surface area contributed by atoms with Gasteiger partial charge in [0.05, 0.1) is 18.2 Å². The number of hydrogen-bond donors (Lipinski definition) is 0. The number of carbonyl (C=O) groups excluding carboxylic acids is 1. The first-order chi connectivity index (χ1) is 16.6. The lowest BCUT2D eigenvalue weighted by Gasteiger charge is -2.19. The van der Waals surface area contributed by atoms with E-state index in [-0.39, 0.29) is 30.4 Å². The molecule has 8 nitrogen and oxygen atoms in total. The molecule has 0 bridgehead atoms. The molecule has 4 rings (SSSR count). The first-order valence-corrected chi connectivity index (χ1v) is 11.2. The Morgan fingerprint density at radius 1 is 1.18 bits per heavy atom. The van der Waals surface area contributed by atoms with Crippen LogP contribution >= 0.6 is 0 Å². The minimum atomic E-state index is -0.562. The number of aromatic nitrogens is 2. The van der Waals surface area contributed by atoms with Crippen molar-refractivity contribution in [2.45, 2.75) is 26.7 Å². The number of nitrogens with zero attached hydrogens (tertiary/aromatic N) is 3. The molecule has 0 radical (unpaired) electrons. The lowest BCUT2D eigenvalue weighted by molar-refractivity contribution is -0.140. The normalized spacial score (nSPS) is 12.4. The van der Waals surface area contributed by atoms with Gasteiger partial charge in [-0.05, 0) is 42.7 Å². The summed E-state index contributed by atoms with van der Waals surface area (Å²) < 4.78 is 16.1. The number of rotatable bonds is 7. The maximum atomic E-state index is 12.6. The molecule has 1 aromatic carbocycles. The molecule has 0 N–H and O–H groups in total. The second kappa shape index (κ2) is 11.8. The fourth-order valence-electron chi connectivity index (χ4n) is 3.50. The van der Waals surface area contributed by atoms with E-state index in [1.165, 1.54) is 7.11 Å². The van der Waals surface area contributed by atoms with E-state index >= 15 is 0 Å². The van der Waals surface area contributed by atoms with Crippen LogP contribution in [0.3, 0.4) is 0 Å². The highest BCUT2D eigenvalue weighted by atomic mass is 16.5. The van der Waals surface area contributed by atoms with Gasteiger partial charge in [-0.1, -0.05) is 38.1 Å². The highest BCUT2D eigenvalue weighted by Gasteiger charge is 2.19. The van der Waals surface area contributed by atoms with Crippen molar-refractivity contribution >= 4 is 22.7 Å². The topological polar surface area (TPSA) is 94.8 Å². The zero-order valence-corrected chi connectivity index (χ0v) is 19.9. The number of anilines is 1. The smallest absolute Gasteiger partial charge is 0.350 e. The average molecular weight is 464 g/mol. The third kappa shape index (κ3) is 5.70. The van der Waals surface area contributed by atoms with Crippen LogP contribution in [0.4, 0.5) is 5.82 Å². The molecule has 0 saturated carbocycles. The van der Waals surface area contributed by atoms with Crippen LogP contribution in [0.25, 0.3) is 22.4 Å². The SMILES string of the molecule is CC.COc1cccc2nc(-c3cccnc3N(C)CC(=O)OCC3=CCCC=C3)oc(=O)c12. The molecule has 0 fully saturated rings. The minimum absolute atomic E-state index is 0.0212. The van der Waals surface area contributed by atoms with Gasteiger partial charge >= 0.3 is 11.6 Å². The number of allylic oxidation sites excluding steroid dienone is 2. The Bertz CT molecular complexity index is 1260. The van der Waals surface area contributed by atoms with E-state index < -0.39 is 5.63 Å². The van der Waals surface area contributed by atoms with E-state index in [9.17, 15) is 9.59 Å².